The lowest BCUT2D eigenvalue weighted by molar-refractivity contribution is -0.136. The van der Waals surface area contributed by atoms with Gasteiger partial charge in [0, 0.05) is 56.5 Å². The number of anilines is 1. The summed E-state index contributed by atoms with van der Waals surface area (Å²) in [5.74, 6) is 2.21. The van der Waals surface area contributed by atoms with E-state index in [1.165, 1.54) is 23.4 Å². The lowest BCUT2D eigenvalue weighted by atomic mass is 9.83. The summed E-state index contributed by atoms with van der Waals surface area (Å²) in [5.41, 5.74) is 3.71. The maximum atomic E-state index is 13.6. The van der Waals surface area contributed by atoms with Crippen molar-refractivity contribution in [2.45, 2.75) is 19.0 Å². The number of piperazine rings is 1. The third-order valence-corrected chi connectivity index (χ3v) is 7.61. The molecule has 0 spiro atoms. The summed E-state index contributed by atoms with van der Waals surface area (Å²) in [6, 6.07) is 15.6. The van der Waals surface area contributed by atoms with Gasteiger partial charge in [0.2, 0.25) is 5.91 Å². The molecule has 6 heteroatoms. The monoisotopic (exact) mass is 425 g/mol. The minimum atomic E-state index is -0.196. The zero-order valence-electron chi connectivity index (χ0n) is 17.2. The predicted octanol–water partition coefficient (Wildman–Crippen LogP) is 3.26. The Labute approximate surface area is 182 Å². The Hall–Kier alpha value is -2.05. The Bertz CT molecular complexity index is 900. The second kappa shape index (κ2) is 8.60. The molecule has 3 aliphatic rings. The molecule has 5 rings (SSSR count). The molecule has 0 bridgehead atoms. The number of fused-ring (bicyclic) bond motifs is 3. The van der Waals surface area contributed by atoms with Crippen LogP contribution in [0.1, 0.15) is 11.1 Å². The Kier molecular flexibility index (Phi) is 5.70. The summed E-state index contributed by atoms with van der Waals surface area (Å²) in [4.78, 5) is 20.5. The van der Waals surface area contributed by atoms with E-state index < -0.39 is 0 Å². The summed E-state index contributed by atoms with van der Waals surface area (Å²) in [5, 5.41) is 0. The smallest absolute Gasteiger partial charge is 0.228 e. The van der Waals surface area contributed by atoms with Crippen LogP contribution in [0.4, 0.5) is 10.1 Å². The highest BCUT2D eigenvalue weighted by Crippen LogP contribution is 2.37. The van der Waals surface area contributed by atoms with E-state index in [9.17, 15) is 9.18 Å². The number of carbonyl (C=O) groups excluding carboxylic acids is 1. The molecule has 0 unspecified atom stereocenters. The fraction of sp³-hybridized carbons (Fsp3) is 0.458. The molecule has 2 atom stereocenters. The van der Waals surface area contributed by atoms with Gasteiger partial charge in [0.25, 0.3) is 0 Å². The molecule has 0 saturated carbocycles. The number of hydrogen-bond acceptors (Lipinski definition) is 4. The van der Waals surface area contributed by atoms with Crippen LogP contribution in [0.2, 0.25) is 0 Å². The fourth-order valence-corrected chi connectivity index (χ4v) is 6.01. The first-order valence-electron chi connectivity index (χ1n) is 10.9. The molecule has 2 aromatic carbocycles. The second-order valence-corrected chi connectivity index (χ2v) is 9.72. The first-order chi connectivity index (χ1) is 14.7. The van der Waals surface area contributed by atoms with E-state index in [-0.39, 0.29) is 17.8 Å². The standard InChI is InChI=1S/C24H28FN3OS/c25-20-7-5-18(6-8-20)16-26-9-10-28-22-4-2-1-3-19(22)15-21(23(28)17-26)24(29)27-11-13-30-14-12-27/h1-8,21,23H,9-17H2/t21-,23-/m0/s1. The van der Waals surface area contributed by atoms with Crippen LogP contribution in [0.25, 0.3) is 0 Å². The molecule has 0 radical (unpaired) electrons. The largest absolute Gasteiger partial charge is 0.365 e. The van der Waals surface area contributed by atoms with Gasteiger partial charge in [0.05, 0.1) is 12.0 Å². The van der Waals surface area contributed by atoms with Crippen molar-refractivity contribution in [1.29, 1.82) is 0 Å². The van der Waals surface area contributed by atoms with Crippen molar-refractivity contribution in [3.05, 3.63) is 65.5 Å². The van der Waals surface area contributed by atoms with Gasteiger partial charge in [-0.15, -0.1) is 0 Å². The molecular weight excluding hydrogens is 397 g/mol. The van der Waals surface area contributed by atoms with E-state index in [1.807, 2.05) is 23.9 Å². The second-order valence-electron chi connectivity index (χ2n) is 8.50. The molecule has 2 saturated heterocycles. The van der Waals surface area contributed by atoms with E-state index in [0.717, 1.165) is 62.8 Å². The number of hydrogen-bond donors (Lipinski definition) is 0. The fourth-order valence-electron chi connectivity index (χ4n) is 5.11. The molecule has 3 heterocycles. The predicted molar refractivity (Wildman–Crippen MR) is 120 cm³/mol. The van der Waals surface area contributed by atoms with E-state index in [1.54, 1.807) is 0 Å². The number of amides is 1. The van der Waals surface area contributed by atoms with E-state index in [2.05, 4.69) is 39.0 Å². The third kappa shape index (κ3) is 3.95. The van der Waals surface area contributed by atoms with Gasteiger partial charge < -0.3 is 9.80 Å². The van der Waals surface area contributed by atoms with Crippen molar-refractivity contribution in [3.63, 3.8) is 0 Å². The lowest BCUT2D eigenvalue weighted by Crippen LogP contribution is -2.61. The number of halogens is 1. The maximum absolute atomic E-state index is 13.6. The average Bonchev–Trinajstić information content (AvgIpc) is 2.80. The summed E-state index contributed by atoms with van der Waals surface area (Å²) in [6.07, 6.45) is 0.824. The van der Waals surface area contributed by atoms with Gasteiger partial charge in [0.1, 0.15) is 5.82 Å². The Balaban J connectivity index is 1.39. The number of nitrogens with zero attached hydrogens (tertiary/aromatic N) is 3. The zero-order valence-corrected chi connectivity index (χ0v) is 18.0. The molecule has 0 N–H and O–H groups in total. The SMILES string of the molecule is O=C([C@H]1Cc2ccccc2N2CCN(Cc3ccc(F)cc3)C[C@@H]12)N1CCSCC1. The molecule has 2 fully saturated rings. The molecule has 0 aromatic heterocycles. The van der Waals surface area contributed by atoms with Crippen LogP contribution >= 0.6 is 11.8 Å². The molecule has 2 aromatic rings. The average molecular weight is 426 g/mol. The molecular formula is C24H28FN3OS. The van der Waals surface area contributed by atoms with Crippen molar-refractivity contribution in [1.82, 2.24) is 9.80 Å². The van der Waals surface area contributed by atoms with Gasteiger partial charge in [-0.3, -0.25) is 9.69 Å². The van der Waals surface area contributed by atoms with Crippen LogP contribution in [0.5, 0.6) is 0 Å². The van der Waals surface area contributed by atoms with E-state index in [4.69, 9.17) is 0 Å². The van der Waals surface area contributed by atoms with Gasteiger partial charge in [-0.1, -0.05) is 30.3 Å². The number of thioether (sulfide) groups is 1. The van der Waals surface area contributed by atoms with E-state index >= 15 is 0 Å². The Morgan fingerprint density at radius 1 is 1.00 bits per heavy atom. The minimum Gasteiger partial charge on any atom is -0.365 e. The van der Waals surface area contributed by atoms with Crippen LogP contribution in [-0.4, -0.2) is 66.0 Å². The highest BCUT2D eigenvalue weighted by atomic mass is 32.2. The van der Waals surface area contributed by atoms with Crippen molar-refractivity contribution < 1.29 is 9.18 Å². The topological polar surface area (TPSA) is 26.8 Å². The number of para-hydroxylation sites is 1. The van der Waals surface area contributed by atoms with Crippen molar-refractivity contribution >= 4 is 23.4 Å². The molecule has 158 valence electrons. The summed E-state index contributed by atoms with van der Waals surface area (Å²) >= 11 is 1.94. The lowest BCUT2D eigenvalue weighted by Gasteiger charge is -2.50. The van der Waals surface area contributed by atoms with Crippen LogP contribution in [0, 0.1) is 11.7 Å². The first-order valence-corrected chi connectivity index (χ1v) is 12.0. The summed E-state index contributed by atoms with van der Waals surface area (Å²) in [7, 11) is 0. The molecule has 0 aliphatic carbocycles. The van der Waals surface area contributed by atoms with Crippen molar-refractivity contribution in [3.8, 4) is 0 Å². The Morgan fingerprint density at radius 3 is 2.57 bits per heavy atom. The number of rotatable bonds is 3. The van der Waals surface area contributed by atoms with Crippen LogP contribution in [-0.2, 0) is 17.8 Å². The Morgan fingerprint density at radius 2 is 1.77 bits per heavy atom. The van der Waals surface area contributed by atoms with Crippen LogP contribution in [0.15, 0.2) is 48.5 Å². The number of benzene rings is 2. The van der Waals surface area contributed by atoms with Gasteiger partial charge >= 0.3 is 0 Å². The van der Waals surface area contributed by atoms with Crippen LogP contribution in [0.3, 0.4) is 0 Å². The van der Waals surface area contributed by atoms with Crippen LogP contribution < -0.4 is 4.90 Å². The maximum Gasteiger partial charge on any atom is 0.228 e. The van der Waals surface area contributed by atoms with Gasteiger partial charge in [-0.2, -0.15) is 11.8 Å². The molecule has 3 aliphatic heterocycles. The highest BCUT2D eigenvalue weighted by Gasteiger charge is 2.42. The molecule has 30 heavy (non-hydrogen) atoms. The van der Waals surface area contributed by atoms with Gasteiger partial charge in [-0.05, 0) is 35.7 Å². The summed E-state index contributed by atoms with van der Waals surface area (Å²) < 4.78 is 13.3. The van der Waals surface area contributed by atoms with Gasteiger partial charge in [0.15, 0.2) is 0 Å². The molecule has 4 nitrogen and oxygen atoms in total. The van der Waals surface area contributed by atoms with Crippen molar-refractivity contribution in [2.75, 3.05) is 49.1 Å². The first kappa shape index (κ1) is 19.9. The quantitative estimate of drug-likeness (QED) is 0.754. The third-order valence-electron chi connectivity index (χ3n) is 6.67. The zero-order chi connectivity index (χ0) is 20.5. The minimum absolute atomic E-state index is 0.000909. The molecule has 1 amide bonds. The van der Waals surface area contributed by atoms with Gasteiger partial charge in [-0.25, -0.2) is 4.39 Å². The van der Waals surface area contributed by atoms with Crippen molar-refractivity contribution in [2.24, 2.45) is 5.92 Å². The normalized spacial score (nSPS) is 24.3. The summed E-state index contributed by atoms with van der Waals surface area (Å²) in [6.45, 7) is 5.27. The van der Waals surface area contributed by atoms with E-state index in [0.29, 0.717) is 5.91 Å². The highest BCUT2D eigenvalue weighted by molar-refractivity contribution is 7.99. The number of carbonyl (C=O) groups is 1.